The minimum absolute atomic E-state index is 0.0440. The molecular weight excluding hydrogens is 448 g/mol. The molecule has 34 heavy (non-hydrogen) atoms. The summed E-state index contributed by atoms with van der Waals surface area (Å²) in [5.41, 5.74) is 1.93. The normalized spacial score (nSPS) is 11.9. The zero-order valence-electron chi connectivity index (χ0n) is 19.3. The second-order valence-electron chi connectivity index (χ2n) is 8.17. The molecule has 0 saturated carbocycles. The summed E-state index contributed by atoms with van der Waals surface area (Å²) in [6.07, 6.45) is 5.54. The van der Waals surface area contributed by atoms with Gasteiger partial charge in [0.05, 0.1) is 17.9 Å². The molecule has 2 aromatic carbocycles. The number of imidazole rings is 1. The van der Waals surface area contributed by atoms with Gasteiger partial charge in [0.2, 0.25) is 10.9 Å². The van der Waals surface area contributed by atoms with Gasteiger partial charge in [0.15, 0.2) is 0 Å². The fourth-order valence-electron chi connectivity index (χ4n) is 3.84. The SMILES string of the molecule is CNC(=O)CCCCCC(NC(=O)c1nnc(C)s1)c1ncc(-c2ccc3ccccc3c2)[nH]1. The Bertz CT molecular complexity index is 1280. The van der Waals surface area contributed by atoms with E-state index in [0.717, 1.165) is 40.9 Å². The van der Waals surface area contributed by atoms with Gasteiger partial charge in [-0.05, 0) is 36.6 Å². The van der Waals surface area contributed by atoms with Crippen LogP contribution in [0.4, 0.5) is 0 Å². The first-order chi connectivity index (χ1) is 16.5. The van der Waals surface area contributed by atoms with Gasteiger partial charge in [-0.25, -0.2) is 4.98 Å². The van der Waals surface area contributed by atoms with Crippen molar-refractivity contribution in [2.24, 2.45) is 0 Å². The van der Waals surface area contributed by atoms with Crippen molar-refractivity contribution in [3.05, 3.63) is 64.5 Å². The summed E-state index contributed by atoms with van der Waals surface area (Å²) in [7, 11) is 1.65. The van der Waals surface area contributed by atoms with Crippen molar-refractivity contribution < 1.29 is 9.59 Å². The molecule has 0 aliphatic rings. The Morgan fingerprint density at radius 1 is 1.06 bits per heavy atom. The molecule has 0 radical (unpaired) electrons. The molecule has 0 spiro atoms. The van der Waals surface area contributed by atoms with E-state index in [9.17, 15) is 9.59 Å². The predicted molar refractivity (Wildman–Crippen MR) is 134 cm³/mol. The van der Waals surface area contributed by atoms with E-state index in [1.807, 2.05) is 19.1 Å². The Labute approximate surface area is 202 Å². The second-order valence-corrected chi connectivity index (χ2v) is 9.35. The van der Waals surface area contributed by atoms with Crippen molar-refractivity contribution in [2.75, 3.05) is 7.05 Å². The van der Waals surface area contributed by atoms with Gasteiger partial charge in [-0.15, -0.1) is 10.2 Å². The molecule has 4 rings (SSSR count). The predicted octanol–water partition coefficient (Wildman–Crippen LogP) is 4.56. The molecule has 0 aliphatic carbocycles. The standard InChI is InChI=1S/C25H28N6O2S/c1-16-30-31-25(34-16)24(33)29-20(10-4-3-5-11-22(32)26-2)23-27-15-21(28-23)19-13-12-17-8-6-7-9-18(17)14-19/h6-9,12-15,20H,3-5,10-11H2,1-2H3,(H,26,32)(H,27,28)(H,29,33). The first-order valence-electron chi connectivity index (χ1n) is 11.4. The maximum Gasteiger partial charge on any atom is 0.282 e. The molecular formula is C25H28N6O2S. The third-order valence-corrected chi connectivity index (χ3v) is 6.52. The summed E-state index contributed by atoms with van der Waals surface area (Å²) in [6, 6.07) is 14.2. The van der Waals surface area contributed by atoms with Crippen molar-refractivity contribution in [1.29, 1.82) is 0 Å². The molecule has 9 heteroatoms. The zero-order chi connectivity index (χ0) is 23.9. The highest BCUT2D eigenvalue weighted by molar-refractivity contribution is 7.13. The molecule has 3 N–H and O–H groups in total. The molecule has 0 bridgehead atoms. The minimum atomic E-state index is -0.300. The number of fused-ring (bicyclic) bond motifs is 1. The number of nitrogens with zero attached hydrogens (tertiary/aromatic N) is 3. The van der Waals surface area contributed by atoms with E-state index in [0.29, 0.717) is 23.7 Å². The summed E-state index contributed by atoms with van der Waals surface area (Å²) in [6.45, 7) is 1.82. The number of aryl methyl sites for hydroxylation is 1. The van der Waals surface area contributed by atoms with Crippen LogP contribution >= 0.6 is 11.3 Å². The first kappa shape index (κ1) is 23.6. The van der Waals surface area contributed by atoms with E-state index in [-0.39, 0.29) is 17.9 Å². The first-order valence-corrected chi connectivity index (χ1v) is 12.2. The number of amides is 2. The van der Waals surface area contributed by atoms with Crippen molar-refractivity contribution >= 4 is 33.9 Å². The van der Waals surface area contributed by atoms with Gasteiger partial charge >= 0.3 is 0 Å². The lowest BCUT2D eigenvalue weighted by molar-refractivity contribution is -0.120. The number of unbranched alkanes of at least 4 members (excludes halogenated alkanes) is 2. The van der Waals surface area contributed by atoms with Crippen LogP contribution < -0.4 is 10.6 Å². The van der Waals surface area contributed by atoms with Crippen LogP contribution in [0.3, 0.4) is 0 Å². The lowest BCUT2D eigenvalue weighted by Gasteiger charge is -2.16. The average molecular weight is 477 g/mol. The molecule has 4 aromatic rings. The number of nitrogens with one attached hydrogen (secondary N) is 3. The molecule has 2 heterocycles. The molecule has 0 saturated heterocycles. The van der Waals surface area contributed by atoms with Gasteiger partial charge in [-0.3, -0.25) is 9.59 Å². The number of aromatic nitrogens is 4. The van der Waals surface area contributed by atoms with Crippen LogP contribution in [0.15, 0.2) is 48.7 Å². The largest absolute Gasteiger partial charge is 0.359 e. The van der Waals surface area contributed by atoms with E-state index in [1.165, 1.54) is 16.7 Å². The molecule has 1 unspecified atom stereocenters. The van der Waals surface area contributed by atoms with Crippen molar-refractivity contribution in [1.82, 2.24) is 30.8 Å². The van der Waals surface area contributed by atoms with Gasteiger partial charge in [-0.1, -0.05) is 60.6 Å². The number of rotatable bonds is 10. The smallest absolute Gasteiger partial charge is 0.282 e. The molecule has 8 nitrogen and oxygen atoms in total. The van der Waals surface area contributed by atoms with E-state index >= 15 is 0 Å². The molecule has 176 valence electrons. The topological polar surface area (TPSA) is 113 Å². The summed E-state index contributed by atoms with van der Waals surface area (Å²) in [5.74, 6) is 0.483. The number of carbonyl (C=O) groups excluding carboxylic acids is 2. The van der Waals surface area contributed by atoms with Gasteiger partial charge in [0, 0.05) is 19.0 Å². The Kier molecular flexibility index (Phi) is 7.64. The summed E-state index contributed by atoms with van der Waals surface area (Å²) >= 11 is 1.26. The van der Waals surface area contributed by atoms with Crippen LogP contribution in [0.5, 0.6) is 0 Å². The fraction of sp³-hybridized carbons (Fsp3) is 0.320. The van der Waals surface area contributed by atoms with Crippen LogP contribution in [-0.4, -0.2) is 39.0 Å². The molecule has 0 aliphatic heterocycles. The maximum absolute atomic E-state index is 12.8. The lowest BCUT2D eigenvalue weighted by atomic mass is 10.1. The quantitative estimate of drug-likeness (QED) is 0.291. The highest BCUT2D eigenvalue weighted by atomic mass is 32.1. The van der Waals surface area contributed by atoms with Gasteiger partial charge < -0.3 is 15.6 Å². The van der Waals surface area contributed by atoms with Gasteiger partial charge in [0.1, 0.15) is 10.8 Å². The number of hydrogen-bond donors (Lipinski definition) is 3. The third-order valence-electron chi connectivity index (χ3n) is 5.69. The van der Waals surface area contributed by atoms with Crippen molar-refractivity contribution in [3.8, 4) is 11.3 Å². The Hall–Kier alpha value is -3.59. The molecule has 1 atom stereocenters. The van der Waals surface area contributed by atoms with Crippen LogP contribution in [0, 0.1) is 6.92 Å². The van der Waals surface area contributed by atoms with Gasteiger partial charge in [-0.2, -0.15) is 0 Å². The van der Waals surface area contributed by atoms with Crippen molar-refractivity contribution in [2.45, 2.75) is 45.1 Å². The Morgan fingerprint density at radius 3 is 2.65 bits per heavy atom. The molecule has 0 fully saturated rings. The summed E-state index contributed by atoms with van der Waals surface area (Å²) in [4.78, 5) is 32.2. The van der Waals surface area contributed by atoms with E-state index in [4.69, 9.17) is 0 Å². The number of carbonyl (C=O) groups is 2. The zero-order valence-corrected chi connectivity index (χ0v) is 20.1. The van der Waals surface area contributed by atoms with E-state index in [2.05, 4.69) is 61.1 Å². The van der Waals surface area contributed by atoms with Crippen LogP contribution in [0.25, 0.3) is 22.0 Å². The van der Waals surface area contributed by atoms with Crippen LogP contribution in [0.2, 0.25) is 0 Å². The minimum Gasteiger partial charge on any atom is -0.359 e. The van der Waals surface area contributed by atoms with Crippen LogP contribution in [0.1, 0.15) is 58.8 Å². The molecule has 2 amide bonds. The Balaban J connectivity index is 1.49. The average Bonchev–Trinajstić information content (AvgIpc) is 3.52. The van der Waals surface area contributed by atoms with Gasteiger partial charge in [0.25, 0.3) is 5.91 Å². The maximum atomic E-state index is 12.8. The van der Waals surface area contributed by atoms with Crippen molar-refractivity contribution in [3.63, 3.8) is 0 Å². The molecule has 2 aromatic heterocycles. The number of benzene rings is 2. The third kappa shape index (κ3) is 5.85. The fourth-order valence-corrected chi connectivity index (χ4v) is 4.43. The monoisotopic (exact) mass is 476 g/mol. The van der Waals surface area contributed by atoms with E-state index in [1.54, 1.807) is 13.2 Å². The van der Waals surface area contributed by atoms with Crippen LogP contribution in [-0.2, 0) is 4.79 Å². The number of hydrogen-bond acceptors (Lipinski definition) is 6. The second kappa shape index (κ2) is 11.0. The highest BCUT2D eigenvalue weighted by Gasteiger charge is 2.21. The Morgan fingerprint density at radius 2 is 1.88 bits per heavy atom. The van der Waals surface area contributed by atoms with E-state index < -0.39 is 0 Å². The number of H-pyrrole nitrogens is 1. The summed E-state index contributed by atoms with van der Waals surface area (Å²) < 4.78 is 0. The highest BCUT2D eigenvalue weighted by Crippen LogP contribution is 2.26. The lowest BCUT2D eigenvalue weighted by Crippen LogP contribution is -2.29. The summed E-state index contributed by atoms with van der Waals surface area (Å²) in [5, 5.41) is 17.0. The number of aromatic amines is 1.